The van der Waals surface area contributed by atoms with Crippen LogP contribution in [0.3, 0.4) is 0 Å². The van der Waals surface area contributed by atoms with Gasteiger partial charge in [0.2, 0.25) is 0 Å². The molecule has 0 unspecified atom stereocenters. The van der Waals surface area contributed by atoms with Crippen LogP contribution in [-0.4, -0.2) is 36.7 Å². The molecular weight excluding hydrogens is 356 g/mol. The lowest BCUT2D eigenvalue weighted by Gasteiger charge is -2.10. The lowest BCUT2D eigenvalue weighted by Crippen LogP contribution is -2.07. The molecule has 3 aromatic rings. The van der Waals surface area contributed by atoms with Gasteiger partial charge in [0.25, 0.3) is 0 Å². The number of aromatic nitrogens is 2. The summed E-state index contributed by atoms with van der Waals surface area (Å²) in [5.41, 5.74) is 2.39. The van der Waals surface area contributed by atoms with Crippen LogP contribution in [0.15, 0.2) is 60.9 Å². The van der Waals surface area contributed by atoms with Crippen LogP contribution in [0, 0.1) is 0 Å². The van der Waals surface area contributed by atoms with Crippen LogP contribution in [-0.2, 0) is 11.2 Å². The van der Waals surface area contributed by atoms with Crippen molar-refractivity contribution in [2.75, 3.05) is 31.4 Å². The molecule has 0 aliphatic rings. The van der Waals surface area contributed by atoms with E-state index in [-0.39, 0.29) is 5.97 Å². The number of rotatable bonds is 8. The molecule has 0 radical (unpaired) electrons. The average molecular weight is 378 g/mol. The number of ether oxygens (including phenoxy) is 2. The first kappa shape index (κ1) is 19.2. The van der Waals surface area contributed by atoms with Crippen molar-refractivity contribution in [1.29, 1.82) is 0 Å². The van der Waals surface area contributed by atoms with E-state index in [0.29, 0.717) is 17.2 Å². The van der Waals surface area contributed by atoms with Crippen molar-refractivity contribution in [3.8, 4) is 5.75 Å². The molecule has 7 nitrogen and oxygen atoms in total. The molecule has 144 valence electrons. The van der Waals surface area contributed by atoms with Crippen molar-refractivity contribution in [2.24, 2.45) is 0 Å². The van der Waals surface area contributed by atoms with Gasteiger partial charge < -0.3 is 20.1 Å². The normalized spacial score (nSPS) is 10.2. The number of nitrogens with one attached hydrogen (secondary N) is 2. The summed E-state index contributed by atoms with van der Waals surface area (Å²) in [6.07, 6.45) is 2.32. The van der Waals surface area contributed by atoms with Crippen LogP contribution in [0.25, 0.3) is 0 Å². The minimum absolute atomic E-state index is 0.383. The highest BCUT2D eigenvalue weighted by Gasteiger charge is 2.06. The zero-order valence-corrected chi connectivity index (χ0v) is 15.8. The summed E-state index contributed by atoms with van der Waals surface area (Å²) in [4.78, 5) is 20.1. The van der Waals surface area contributed by atoms with Gasteiger partial charge in [-0.15, -0.1) is 0 Å². The molecule has 2 N–H and O–H groups in total. The maximum Gasteiger partial charge on any atom is 0.337 e. The predicted molar refractivity (Wildman–Crippen MR) is 108 cm³/mol. The molecule has 0 saturated heterocycles. The number of esters is 1. The van der Waals surface area contributed by atoms with Gasteiger partial charge in [-0.2, -0.15) is 0 Å². The summed E-state index contributed by atoms with van der Waals surface area (Å²) in [6.45, 7) is 0.724. The smallest absolute Gasteiger partial charge is 0.337 e. The van der Waals surface area contributed by atoms with Crippen LogP contribution in [0.1, 0.15) is 15.9 Å². The van der Waals surface area contributed by atoms with Crippen LogP contribution in [0.4, 0.5) is 17.3 Å². The third-order valence-electron chi connectivity index (χ3n) is 4.08. The fourth-order valence-electron chi connectivity index (χ4n) is 2.67. The second kappa shape index (κ2) is 9.36. The van der Waals surface area contributed by atoms with Crippen molar-refractivity contribution in [3.63, 3.8) is 0 Å². The second-order valence-electron chi connectivity index (χ2n) is 6.01. The number of anilines is 3. The summed E-state index contributed by atoms with van der Waals surface area (Å²) < 4.78 is 9.99. The Kier molecular flexibility index (Phi) is 6.41. The van der Waals surface area contributed by atoms with Crippen LogP contribution in [0.2, 0.25) is 0 Å². The van der Waals surface area contributed by atoms with Crippen molar-refractivity contribution >= 4 is 23.3 Å². The van der Waals surface area contributed by atoms with E-state index in [0.717, 1.165) is 24.4 Å². The monoisotopic (exact) mass is 378 g/mol. The number of hydrogen-bond acceptors (Lipinski definition) is 7. The number of nitrogens with zero attached hydrogens (tertiary/aromatic N) is 2. The van der Waals surface area contributed by atoms with E-state index >= 15 is 0 Å². The highest BCUT2D eigenvalue weighted by Crippen LogP contribution is 2.18. The maximum atomic E-state index is 11.7. The molecule has 0 spiro atoms. The lowest BCUT2D eigenvalue weighted by atomic mass is 10.1. The van der Waals surface area contributed by atoms with Crippen molar-refractivity contribution in [3.05, 3.63) is 72.1 Å². The first-order valence-electron chi connectivity index (χ1n) is 8.82. The molecule has 28 heavy (non-hydrogen) atoms. The molecule has 0 fully saturated rings. The third-order valence-corrected chi connectivity index (χ3v) is 4.08. The topological polar surface area (TPSA) is 85.4 Å². The highest BCUT2D eigenvalue weighted by atomic mass is 16.5. The number of methoxy groups -OCH3 is 2. The predicted octanol–water partition coefficient (Wildman–Crippen LogP) is 3.67. The van der Waals surface area contributed by atoms with E-state index in [1.165, 1.54) is 19.0 Å². The first-order valence-corrected chi connectivity index (χ1v) is 8.82. The lowest BCUT2D eigenvalue weighted by molar-refractivity contribution is 0.0601. The van der Waals surface area contributed by atoms with Crippen molar-refractivity contribution in [2.45, 2.75) is 6.42 Å². The molecule has 0 aliphatic heterocycles. The van der Waals surface area contributed by atoms with Crippen LogP contribution < -0.4 is 15.4 Å². The van der Waals surface area contributed by atoms with Gasteiger partial charge in [0.15, 0.2) is 0 Å². The summed E-state index contributed by atoms with van der Waals surface area (Å²) in [6, 6.07) is 16.8. The quantitative estimate of drug-likeness (QED) is 0.579. The summed E-state index contributed by atoms with van der Waals surface area (Å²) in [5, 5.41) is 6.46. The van der Waals surface area contributed by atoms with E-state index in [9.17, 15) is 4.79 Å². The Balaban J connectivity index is 1.60. The van der Waals surface area contributed by atoms with Gasteiger partial charge in [0.05, 0.1) is 19.8 Å². The first-order chi connectivity index (χ1) is 13.7. The SMILES string of the molecule is COC(=O)c1cccc(Nc2cc(NCCc3cccc(OC)c3)ncn2)c1. The molecule has 7 heteroatoms. The molecule has 2 aromatic carbocycles. The largest absolute Gasteiger partial charge is 0.497 e. The maximum absolute atomic E-state index is 11.7. The van der Waals surface area contributed by atoms with Gasteiger partial charge in [0.1, 0.15) is 23.7 Å². The fraction of sp³-hybridized carbons (Fsp3) is 0.190. The Bertz CT molecular complexity index is 946. The molecule has 0 bridgehead atoms. The van der Waals surface area contributed by atoms with Gasteiger partial charge in [-0.25, -0.2) is 14.8 Å². The summed E-state index contributed by atoms with van der Waals surface area (Å²) in [5.74, 6) is 1.80. The molecule has 1 aromatic heterocycles. The summed E-state index contributed by atoms with van der Waals surface area (Å²) >= 11 is 0. The Hall–Kier alpha value is -3.61. The molecular formula is C21H22N4O3. The minimum atomic E-state index is -0.383. The average Bonchev–Trinajstić information content (AvgIpc) is 2.74. The Morgan fingerprint density at radius 2 is 1.82 bits per heavy atom. The molecule has 0 amide bonds. The zero-order valence-electron chi connectivity index (χ0n) is 15.8. The standard InChI is InChI=1S/C21H22N4O3/c1-27-18-8-3-5-15(11-18)9-10-22-19-13-20(24-14-23-19)25-17-7-4-6-16(12-17)21(26)28-2/h3-8,11-14H,9-10H2,1-2H3,(H2,22,23,24,25). The fourth-order valence-corrected chi connectivity index (χ4v) is 2.67. The van der Waals surface area contributed by atoms with E-state index in [1.807, 2.05) is 30.3 Å². The van der Waals surface area contributed by atoms with Gasteiger partial charge in [0, 0.05) is 18.3 Å². The van der Waals surface area contributed by atoms with Crippen LogP contribution >= 0.6 is 0 Å². The number of carbonyl (C=O) groups excluding carboxylic acids is 1. The third kappa shape index (κ3) is 5.20. The molecule has 3 rings (SSSR count). The molecule has 0 atom stereocenters. The number of hydrogen-bond donors (Lipinski definition) is 2. The van der Waals surface area contributed by atoms with E-state index in [2.05, 4.69) is 26.7 Å². The van der Waals surface area contributed by atoms with Gasteiger partial charge >= 0.3 is 5.97 Å². The Morgan fingerprint density at radius 3 is 2.64 bits per heavy atom. The minimum Gasteiger partial charge on any atom is -0.497 e. The van der Waals surface area contributed by atoms with Gasteiger partial charge in [-0.1, -0.05) is 18.2 Å². The Labute approximate surface area is 163 Å². The molecule has 0 aliphatic carbocycles. The van der Waals surface area contributed by atoms with Crippen LogP contribution in [0.5, 0.6) is 5.75 Å². The number of benzene rings is 2. The number of carbonyl (C=O) groups is 1. The summed E-state index contributed by atoms with van der Waals surface area (Å²) in [7, 11) is 3.02. The van der Waals surface area contributed by atoms with E-state index in [1.54, 1.807) is 25.3 Å². The molecule has 1 heterocycles. The van der Waals surface area contributed by atoms with E-state index in [4.69, 9.17) is 9.47 Å². The second-order valence-corrected chi connectivity index (χ2v) is 6.01. The zero-order chi connectivity index (χ0) is 19.8. The van der Waals surface area contributed by atoms with E-state index < -0.39 is 0 Å². The van der Waals surface area contributed by atoms with Crippen molar-refractivity contribution < 1.29 is 14.3 Å². The van der Waals surface area contributed by atoms with Gasteiger partial charge in [-0.05, 0) is 42.3 Å². The van der Waals surface area contributed by atoms with Gasteiger partial charge in [-0.3, -0.25) is 0 Å². The van der Waals surface area contributed by atoms with Crippen molar-refractivity contribution in [1.82, 2.24) is 9.97 Å². The Morgan fingerprint density at radius 1 is 1.00 bits per heavy atom. The molecule has 0 saturated carbocycles. The highest BCUT2D eigenvalue weighted by molar-refractivity contribution is 5.90.